The molecule has 1 aliphatic rings. The van der Waals surface area contributed by atoms with Crippen LogP contribution in [-0.4, -0.2) is 38.1 Å². The van der Waals surface area contributed by atoms with Crippen LogP contribution < -0.4 is 0 Å². The molecular weight excluding hydrogens is 478 g/mol. The van der Waals surface area contributed by atoms with Gasteiger partial charge in [0.15, 0.2) is 0 Å². The quantitative estimate of drug-likeness (QED) is 0.506. The van der Waals surface area contributed by atoms with E-state index in [1.807, 2.05) is 0 Å². The predicted octanol–water partition coefficient (Wildman–Crippen LogP) is 4.63. The first kappa shape index (κ1) is 24.3. The lowest BCUT2D eigenvalue weighted by molar-refractivity contribution is -0.143. The molecule has 2 heterocycles. The molecule has 0 unspecified atom stereocenters. The Balaban J connectivity index is 1.61. The van der Waals surface area contributed by atoms with Gasteiger partial charge in [0.1, 0.15) is 12.4 Å². The van der Waals surface area contributed by atoms with Gasteiger partial charge in [0.2, 0.25) is 5.91 Å². The number of carbonyl (C=O) groups is 2. The maximum absolute atomic E-state index is 13.3. The highest BCUT2D eigenvalue weighted by Crippen LogP contribution is 2.36. The van der Waals surface area contributed by atoms with Gasteiger partial charge in [0.05, 0.1) is 17.7 Å². The van der Waals surface area contributed by atoms with Gasteiger partial charge in [-0.1, -0.05) is 18.2 Å². The fourth-order valence-corrected chi connectivity index (χ4v) is 3.83. The molecule has 0 aliphatic carbocycles. The van der Waals surface area contributed by atoms with E-state index in [0.717, 1.165) is 10.5 Å². The minimum atomic E-state index is -5.01. The van der Waals surface area contributed by atoms with Crippen molar-refractivity contribution in [3.05, 3.63) is 88.5 Å². The highest BCUT2D eigenvalue weighted by atomic mass is 19.4. The van der Waals surface area contributed by atoms with Crippen LogP contribution in [0.25, 0.3) is 0 Å². The maximum atomic E-state index is 13.3. The molecule has 2 amide bonds. The van der Waals surface area contributed by atoms with Crippen LogP contribution in [0.3, 0.4) is 0 Å². The molecule has 0 spiro atoms. The Morgan fingerprint density at radius 3 is 2.23 bits per heavy atom. The van der Waals surface area contributed by atoms with E-state index < -0.39 is 42.5 Å². The molecule has 0 radical (unpaired) electrons. The largest absolute Gasteiger partial charge is 0.416 e. The van der Waals surface area contributed by atoms with Crippen molar-refractivity contribution in [1.29, 1.82) is 0 Å². The van der Waals surface area contributed by atoms with E-state index in [9.17, 15) is 35.9 Å². The Morgan fingerprint density at radius 1 is 1.00 bits per heavy atom. The number of benzene rings is 2. The van der Waals surface area contributed by atoms with E-state index >= 15 is 0 Å². The smallest absolute Gasteiger partial charge is 0.347 e. The zero-order chi connectivity index (χ0) is 25.4. The second kappa shape index (κ2) is 9.08. The predicted molar refractivity (Wildman–Crippen MR) is 110 cm³/mol. The van der Waals surface area contributed by atoms with Crippen molar-refractivity contribution in [2.24, 2.45) is 0 Å². The molecule has 0 fully saturated rings. The second-order valence-electron chi connectivity index (χ2n) is 8.02. The van der Waals surface area contributed by atoms with Crippen LogP contribution in [-0.2, 0) is 36.8 Å². The van der Waals surface area contributed by atoms with Crippen molar-refractivity contribution >= 4 is 11.8 Å². The third-order valence-electron chi connectivity index (χ3n) is 5.49. The summed E-state index contributed by atoms with van der Waals surface area (Å²) in [6.07, 6.45) is -7.17. The van der Waals surface area contributed by atoms with E-state index in [1.165, 1.54) is 17.3 Å². The van der Waals surface area contributed by atoms with Gasteiger partial charge in [-0.3, -0.25) is 9.59 Å². The summed E-state index contributed by atoms with van der Waals surface area (Å²) >= 11 is 0. The molecule has 0 saturated heterocycles. The topological polar surface area (TPSA) is 69.3 Å². The third-order valence-corrected chi connectivity index (χ3v) is 5.49. The van der Waals surface area contributed by atoms with Gasteiger partial charge < -0.3 is 14.8 Å². The lowest BCUT2D eigenvalue weighted by Crippen LogP contribution is -2.40. The Bertz CT molecular complexity index is 1210. The van der Waals surface area contributed by atoms with Crippen LogP contribution >= 0.6 is 0 Å². The second-order valence-corrected chi connectivity index (χ2v) is 8.02. The molecule has 1 N–H and O–H groups in total. The van der Waals surface area contributed by atoms with E-state index in [0.29, 0.717) is 17.7 Å². The molecule has 1 aliphatic heterocycles. The van der Waals surface area contributed by atoms with Crippen molar-refractivity contribution in [2.75, 3.05) is 6.54 Å². The van der Waals surface area contributed by atoms with Gasteiger partial charge in [-0.05, 0) is 35.4 Å². The molecule has 184 valence electrons. The number of amides is 2. The number of aromatic amines is 1. The number of aromatic nitrogens is 2. The van der Waals surface area contributed by atoms with Crippen LogP contribution in [0, 0.1) is 0 Å². The lowest BCUT2D eigenvalue weighted by Gasteiger charge is -2.25. The number of carbonyl (C=O) groups excluding carboxylic acids is 2. The van der Waals surface area contributed by atoms with E-state index in [1.54, 1.807) is 24.3 Å². The third kappa shape index (κ3) is 5.47. The summed E-state index contributed by atoms with van der Waals surface area (Å²) in [5.74, 6) is -0.767. The van der Waals surface area contributed by atoms with Gasteiger partial charge in [-0.25, -0.2) is 4.98 Å². The molecule has 2 aromatic carbocycles. The minimum Gasteiger partial charge on any atom is -0.347 e. The van der Waals surface area contributed by atoms with Gasteiger partial charge in [0, 0.05) is 31.0 Å². The Kier molecular flexibility index (Phi) is 6.30. The fourth-order valence-electron chi connectivity index (χ4n) is 3.83. The summed E-state index contributed by atoms with van der Waals surface area (Å²) in [7, 11) is 0. The number of nitrogens with one attached hydrogen (secondary N) is 1. The molecule has 4 rings (SSSR count). The normalized spacial score (nSPS) is 13.8. The summed E-state index contributed by atoms with van der Waals surface area (Å²) < 4.78 is 79.6. The molecule has 1 aromatic heterocycles. The molecule has 6 nitrogen and oxygen atoms in total. The van der Waals surface area contributed by atoms with Gasteiger partial charge >= 0.3 is 12.4 Å². The van der Waals surface area contributed by atoms with Crippen LogP contribution in [0.2, 0.25) is 0 Å². The standard InChI is InChI=1S/C23H18F6N4O2/c24-22(25,26)16-7-14(8-17(9-16)23(27,28)29)10-32(12-19-30-5-6-31-19)20(34)13-33-11-15-3-1-2-4-18(15)21(33)35/h1-9H,10-13H2,(H,30,31). The summed E-state index contributed by atoms with van der Waals surface area (Å²) in [5.41, 5.74) is -2.15. The summed E-state index contributed by atoms with van der Waals surface area (Å²) in [4.78, 5) is 34.8. The molecule has 12 heteroatoms. The van der Waals surface area contributed by atoms with E-state index in [4.69, 9.17) is 0 Å². The number of fused-ring (bicyclic) bond motifs is 1. The molecule has 0 saturated carbocycles. The zero-order valence-electron chi connectivity index (χ0n) is 18.0. The Hall–Kier alpha value is -3.83. The average molecular weight is 496 g/mol. The Morgan fingerprint density at radius 2 is 1.66 bits per heavy atom. The van der Waals surface area contributed by atoms with Crippen molar-refractivity contribution < 1.29 is 35.9 Å². The SMILES string of the molecule is O=C(CN1Cc2ccccc2C1=O)N(Cc1cc(C(F)(F)F)cc(C(F)(F)F)c1)Cc1ncc[nH]1. The number of halogens is 6. The monoisotopic (exact) mass is 496 g/mol. The molecular formula is C23H18F6N4O2. The first-order valence-electron chi connectivity index (χ1n) is 10.3. The highest BCUT2D eigenvalue weighted by Gasteiger charge is 2.37. The first-order chi connectivity index (χ1) is 16.4. The van der Waals surface area contributed by atoms with E-state index in [-0.39, 0.29) is 36.5 Å². The fraction of sp³-hybridized carbons (Fsp3) is 0.261. The number of alkyl halides is 6. The molecule has 0 bridgehead atoms. The van der Waals surface area contributed by atoms with Crippen LogP contribution in [0.15, 0.2) is 54.9 Å². The van der Waals surface area contributed by atoms with Crippen molar-refractivity contribution in [3.63, 3.8) is 0 Å². The highest BCUT2D eigenvalue weighted by molar-refractivity contribution is 6.00. The summed E-state index contributed by atoms with van der Waals surface area (Å²) in [6.45, 7) is -1.00. The zero-order valence-corrected chi connectivity index (χ0v) is 18.0. The lowest BCUT2D eigenvalue weighted by atomic mass is 10.0. The number of H-pyrrole nitrogens is 1. The number of hydrogen-bond acceptors (Lipinski definition) is 3. The van der Waals surface area contributed by atoms with Crippen molar-refractivity contribution in [2.45, 2.75) is 32.0 Å². The van der Waals surface area contributed by atoms with Crippen molar-refractivity contribution in [1.82, 2.24) is 19.8 Å². The number of rotatable bonds is 6. The molecule has 35 heavy (non-hydrogen) atoms. The summed E-state index contributed by atoms with van der Waals surface area (Å²) in [5, 5.41) is 0. The van der Waals surface area contributed by atoms with Gasteiger partial charge in [-0.2, -0.15) is 26.3 Å². The first-order valence-corrected chi connectivity index (χ1v) is 10.3. The van der Waals surface area contributed by atoms with Crippen LogP contribution in [0.1, 0.15) is 38.4 Å². The molecule has 3 aromatic rings. The van der Waals surface area contributed by atoms with Crippen LogP contribution in [0.4, 0.5) is 26.3 Å². The van der Waals surface area contributed by atoms with E-state index in [2.05, 4.69) is 9.97 Å². The Labute approximate surface area is 195 Å². The van der Waals surface area contributed by atoms with Gasteiger partial charge in [-0.15, -0.1) is 0 Å². The summed E-state index contributed by atoms with van der Waals surface area (Å²) in [6, 6.07) is 7.96. The average Bonchev–Trinajstić information content (AvgIpc) is 3.40. The van der Waals surface area contributed by atoms with Crippen molar-refractivity contribution in [3.8, 4) is 0 Å². The molecule has 0 atom stereocenters. The minimum absolute atomic E-state index is 0.0301. The number of imidazole rings is 1. The van der Waals surface area contributed by atoms with Gasteiger partial charge in [0.25, 0.3) is 5.91 Å². The number of nitrogens with zero attached hydrogens (tertiary/aromatic N) is 3. The number of hydrogen-bond donors (Lipinski definition) is 1. The maximum Gasteiger partial charge on any atom is 0.416 e. The van der Waals surface area contributed by atoms with Crippen LogP contribution in [0.5, 0.6) is 0 Å².